The fourth-order valence-corrected chi connectivity index (χ4v) is 4.21. The topological polar surface area (TPSA) is 80.8 Å². The van der Waals surface area contributed by atoms with Gasteiger partial charge >= 0.3 is 0 Å². The second-order valence-electron chi connectivity index (χ2n) is 7.15. The maximum Gasteiger partial charge on any atom is 0.265 e. The average molecular weight is 450 g/mol. The van der Waals surface area contributed by atoms with Gasteiger partial charge in [0.25, 0.3) is 5.91 Å². The largest absolute Gasteiger partial charge is 0.493 e. The van der Waals surface area contributed by atoms with Crippen LogP contribution in [0.1, 0.15) is 11.3 Å². The number of nitrogens with zero attached hydrogens (tertiary/aromatic N) is 2. The Morgan fingerprint density at radius 2 is 2.12 bits per heavy atom. The van der Waals surface area contributed by atoms with Gasteiger partial charge in [-0.1, -0.05) is 24.3 Å². The van der Waals surface area contributed by atoms with Crippen molar-refractivity contribution < 1.29 is 19.1 Å². The van der Waals surface area contributed by atoms with Gasteiger partial charge in [0.15, 0.2) is 11.7 Å². The third kappa shape index (κ3) is 4.81. The first-order valence-corrected chi connectivity index (χ1v) is 11.0. The molecule has 0 spiro atoms. The molecule has 164 valence electrons. The molecular weight excluding hydrogens is 426 g/mol. The van der Waals surface area contributed by atoms with E-state index in [1.165, 1.54) is 11.3 Å². The number of anilines is 2. The van der Waals surface area contributed by atoms with E-state index >= 15 is 0 Å². The SMILES string of the molecule is C=CCN1C(=O)COc2ccc(-c3nc(NC(=O)CCOc4ccccc4)sc3C)cc21. The zero-order valence-corrected chi connectivity index (χ0v) is 18.5. The Morgan fingerprint density at radius 1 is 1.31 bits per heavy atom. The molecule has 0 saturated heterocycles. The number of benzene rings is 2. The molecule has 1 aromatic heterocycles. The van der Waals surface area contributed by atoms with Crippen LogP contribution in [0.5, 0.6) is 11.5 Å². The number of carbonyl (C=O) groups is 2. The van der Waals surface area contributed by atoms with E-state index < -0.39 is 0 Å². The average Bonchev–Trinajstić information content (AvgIpc) is 3.16. The van der Waals surface area contributed by atoms with Crippen LogP contribution in [-0.2, 0) is 9.59 Å². The first-order chi connectivity index (χ1) is 15.5. The minimum Gasteiger partial charge on any atom is -0.493 e. The van der Waals surface area contributed by atoms with E-state index in [4.69, 9.17) is 9.47 Å². The zero-order chi connectivity index (χ0) is 22.5. The predicted octanol–water partition coefficient (Wildman–Crippen LogP) is 4.44. The summed E-state index contributed by atoms with van der Waals surface area (Å²) in [6.07, 6.45) is 1.90. The number of para-hydroxylation sites is 1. The molecule has 2 amide bonds. The summed E-state index contributed by atoms with van der Waals surface area (Å²) in [5.41, 5.74) is 2.29. The third-order valence-corrected chi connectivity index (χ3v) is 5.76. The summed E-state index contributed by atoms with van der Waals surface area (Å²) < 4.78 is 11.1. The van der Waals surface area contributed by atoms with Crippen LogP contribution in [0.3, 0.4) is 0 Å². The third-order valence-electron chi connectivity index (χ3n) is 4.87. The first-order valence-electron chi connectivity index (χ1n) is 10.2. The Hall–Kier alpha value is -3.65. The zero-order valence-electron chi connectivity index (χ0n) is 17.7. The lowest BCUT2D eigenvalue weighted by Crippen LogP contribution is -2.38. The Kier molecular flexibility index (Phi) is 6.51. The van der Waals surface area contributed by atoms with Gasteiger partial charge in [0.1, 0.15) is 11.5 Å². The van der Waals surface area contributed by atoms with Crippen LogP contribution in [0.2, 0.25) is 0 Å². The van der Waals surface area contributed by atoms with E-state index in [-0.39, 0.29) is 31.4 Å². The molecule has 0 atom stereocenters. The van der Waals surface area contributed by atoms with Gasteiger partial charge in [-0.2, -0.15) is 0 Å². The van der Waals surface area contributed by atoms with E-state index in [1.807, 2.05) is 55.5 Å². The van der Waals surface area contributed by atoms with Gasteiger partial charge < -0.3 is 19.7 Å². The van der Waals surface area contributed by atoms with Gasteiger partial charge in [0, 0.05) is 17.0 Å². The van der Waals surface area contributed by atoms with Crippen LogP contribution in [0.15, 0.2) is 61.2 Å². The summed E-state index contributed by atoms with van der Waals surface area (Å²) in [6.45, 7) is 6.38. The van der Waals surface area contributed by atoms with Crippen molar-refractivity contribution >= 4 is 34.0 Å². The van der Waals surface area contributed by atoms with E-state index in [0.717, 1.165) is 21.9 Å². The molecule has 1 aliphatic rings. The van der Waals surface area contributed by atoms with Crippen molar-refractivity contribution in [3.8, 4) is 22.8 Å². The van der Waals surface area contributed by atoms with Crippen molar-refractivity contribution in [3.63, 3.8) is 0 Å². The number of ether oxygens (including phenoxy) is 2. The molecule has 3 aromatic rings. The minimum atomic E-state index is -0.164. The summed E-state index contributed by atoms with van der Waals surface area (Å²) in [5, 5.41) is 3.37. The van der Waals surface area contributed by atoms with Crippen molar-refractivity contribution in [2.75, 3.05) is 30.0 Å². The second-order valence-corrected chi connectivity index (χ2v) is 8.35. The van der Waals surface area contributed by atoms with Crippen molar-refractivity contribution in [1.29, 1.82) is 0 Å². The molecule has 4 rings (SSSR count). The van der Waals surface area contributed by atoms with E-state index in [2.05, 4.69) is 16.9 Å². The summed E-state index contributed by atoms with van der Waals surface area (Å²) in [4.78, 5) is 31.8. The molecule has 32 heavy (non-hydrogen) atoms. The van der Waals surface area contributed by atoms with Crippen LogP contribution < -0.4 is 19.7 Å². The summed E-state index contributed by atoms with van der Waals surface area (Å²) in [6, 6.07) is 15.0. The van der Waals surface area contributed by atoms with E-state index in [9.17, 15) is 9.59 Å². The lowest BCUT2D eigenvalue weighted by Gasteiger charge is -2.28. The Balaban J connectivity index is 1.45. The Bertz CT molecular complexity index is 1140. The molecule has 0 fully saturated rings. The quantitative estimate of drug-likeness (QED) is 0.515. The number of aryl methyl sites for hydroxylation is 1. The summed E-state index contributed by atoms with van der Waals surface area (Å²) in [5.74, 6) is 1.10. The molecule has 2 heterocycles. The number of hydrogen-bond acceptors (Lipinski definition) is 6. The highest BCUT2D eigenvalue weighted by Gasteiger charge is 2.25. The number of nitrogens with one attached hydrogen (secondary N) is 1. The number of aromatic nitrogens is 1. The fourth-order valence-electron chi connectivity index (χ4n) is 3.36. The highest BCUT2D eigenvalue weighted by Crippen LogP contribution is 2.38. The number of thiazole rings is 1. The Labute approximate surface area is 190 Å². The molecule has 7 nitrogen and oxygen atoms in total. The maximum atomic E-state index is 12.3. The number of amides is 2. The first kappa shape index (κ1) is 21.6. The normalized spacial score (nSPS) is 12.7. The number of rotatable bonds is 8. The molecule has 1 aliphatic heterocycles. The minimum absolute atomic E-state index is 0.0140. The lowest BCUT2D eigenvalue weighted by atomic mass is 10.1. The summed E-state index contributed by atoms with van der Waals surface area (Å²) in [7, 11) is 0. The van der Waals surface area contributed by atoms with Crippen molar-refractivity contribution in [2.24, 2.45) is 0 Å². The van der Waals surface area contributed by atoms with Gasteiger partial charge in [-0.3, -0.25) is 9.59 Å². The van der Waals surface area contributed by atoms with E-state index in [0.29, 0.717) is 23.1 Å². The molecule has 2 aromatic carbocycles. The predicted molar refractivity (Wildman–Crippen MR) is 126 cm³/mol. The van der Waals surface area contributed by atoms with Gasteiger partial charge in [0.05, 0.1) is 24.4 Å². The summed E-state index contributed by atoms with van der Waals surface area (Å²) >= 11 is 1.40. The number of hydrogen-bond donors (Lipinski definition) is 1. The second kappa shape index (κ2) is 9.65. The molecule has 0 saturated carbocycles. The van der Waals surface area contributed by atoms with Crippen LogP contribution in [0.25, 0.3) is 11.3 Å². The monoisotopic (exact) mass is 449 g/mol. The van der Waals surface area contributed by atoms with Crippen molar-refractivity contribution in [2.45, 2.75) is 13.3 Å². The molecule has 0 aliphatic carbocycles. The fraction of sp³-hybridized carbons (Fsp3) is 0.208. The van der Waals surface area contributed by atoms with Crippen LogP contribution in [0.4, 0.5) is 10.8 Å². The highest BCUT2D eigenvalue weighted by molar-refractivity contribution is 7.16. The highest BCUT2D eigenvalue weighted by atomic mass is 32.1. The molecule has 0 unspecified atom stereocenters. The van der Waals surface area contributed by atoms with E-state index in [1.54, 1.807) is 11.0 Å². The lowest BCUT2D eigenvalue weighted by molar-refractivity contribution is -0.121. The number of fused-ring (bicyclic) bond motifs is 1. The van der Waals surface area contributed by atoms with Gasteiger partial charge in [0.2, 0.25) is 5.91 Å². The maximum absolute atomic E-state index is 12.3. The van der Waals surface area contributed by atoms with Gasteiger partial charge in [-0.25, -0.2) is 4.98 Å². The van der Waals surface area contributed by atoms with Gasteiger partial charge in [-0.15, -0.1) is 17.9 Å². The van der Waals surface area contributed by atoms with Crippen molar-refractivity contribution in [1.82, 2.24) is 4.98 Å². The smallest absolute Gasteiger partial charge is 0.265 e. The van der Waals surface area contributed by atoms with Crippen LogP contribution in [0, 0.1) is 6.92 Å². The van der Waals surface area contributed by atoms with Crippen molar-refractivity contribution in [3.05, 3.63) is 66.1 Å². The Morgan fingerprint density at radius 3 is 2.91 bits per heavy atom. The molecule has 0 radical (unpaired) electrons. The van der Waals surface area contributed by atoms with Crippen LogP contribution >= 0.6 is 11.3 Å². The standard InChI is InChI=1S/C24H23N3O4S/c1-3-12-27-19-14-17(9-10-20(19)31-15-22(27)29)23-16(2)32-24(26-23)25-21(28)11-13-30-18-7-5-4-6-8-18/h3-10,14H,1,11-13,15H2,2H3,(H,25,26,28). The molecule has 0 bridgehead atoms. The van der Waals surface area contributed by atoms with Crippen LogP contribution in [-0.4, -0.2) is 36.6 Å². The molecule has 1 N–H and O–H groups in total. The number of carbonyl (C=O) groups excluding carboxylic acids is 2. The van der Waals surface area contributed by atoms with Gasteiger partial charge in [-0.05, 0) is 37.3 Å². The molecule has 8 heteroatoms. The molecular formula is C24H23N3O4S.